The highest BCUT2D eigenvalue weighted by Gasteiger charge is 2.25. The van der Waals surface area contributed by atoms with Gasteiger partial charge in [-0.15, -0.1) is 11.3 Å². The lowest BCUT2D eigenvalue weighted by molar-refractivity contribution is -0.121. The van der Waals surface area contributed by atoms with Crippen molar-refractivity contribution in [3.8, 4) is 11.3 Å². The number of oxazole rings is 1. The van der Waals surface area contributed by atoms with Gasteiger partial charge in [0.25, 0.3) is 0 Å². The normalized spacial score (nSPS) is 16.3. The molecule has 4 rings (SSSR count). The maximum atomic E-state index is 13.9. The zero-order chi connectivity index (χ0) is 21.6. The summed E-state index contributed by atoms with van der Waals surface area (Å²) in [6.07, 6.45) is 4.57. The van der Waals surface area contributed by atoms with Crippen LogP contribution in [0.5, 0.6) is 0 Å². The molecule has 0 bridgehead atoms. The van der Waals surface area contributed by atoms with Gasteiger partial charge in [0.05, 0.1) is 17.8 Å². The third-order valence-corrected chi connectivity index (χ3v) is 6.86. The molecule has 0 saturated carbocycles. The van der Waals surface area contributed by atoms with Crippen molar-refractivity contribution in [2.75, 3.05) is 19.6 Å². The number of benzene rings is 1. The zero-order valence-electron chi connectivity index (χ0n) is 17.7. The number of halogens is 1. The van der Waals surface area contributed by atoms with Gasteiger partial charge in [-0.3, -0.25) is 9.69 Å². The first-order chi connectivity index (χ1) is 15.1. The van der Waals surface area contributed by atoms with Crippen molar-refractivity contribution < 1.29 is 13.6 Å². The van der Waals surface area contributed by atoms with Crippen LogP contribution in [0.15, 0.2) is 52.4 Å². The molecule has 0 spiro atoms. The molecule has 0 radical (unpaired) electrons. The number of likely N-dealkylation sites (tertiary alicyclic amines) is 1. The molecule has 1 aliphatic rings. The van der Waals surface area contributed by atoms with Crippen molar-refractivity contribution in [1.82, 2.24) is 15.2 Å². The van der Waals surface area contributed by atoms with Crippen molar-refractivity contribution in [1.29, 1.82) is 0 Å². The number of nitrogens with zero attached hydrogens (tertiary/aromatic N) is 2. The minimum absolute atomic E-state index is 0.0300. The number of nitrogens with one attached hydrogen (secondary N) is 1. The van der Waals surface area contributed by atoms with Crippen LogP contribution in [0.2, 0.25) is 0 Å². The monoisotopic (exact) mass is 441 g/mol. The largest absolute Gasteiger partial charge is 0.441 e. The first-order valence-corrected chi connectivity index (χ1v) is 11.7. The van der Waals surface area contributed by atoms with Gasteiger partial charge in [-0.25, -0.2) is 9.37 Å². The molecule has 1 atom stereocenters. The Bertz CT molecular complexity index is 980. The summed E-state index contributed by atoms with van der Waals surface area (Å²) in [5, 5.41) is 5.18. The number of hydrogen-bond acceptors (Lipinski definition) is 5. The van der Waals surface area contributed by atoms with E-state index in [9.17, 15) is 9.18 Å². The van der Waals surface area contributed by atoms with Gasteiger partial charge in [0.1, 0.15) is 5.82 Å². The van der Waals surface area contributed by atoms with E-state index in [4.69, 9.17) is 4.42 Å². The highest BCUT2D eigenvalue weighted by atomic mass is 32.1. The minimum atomic E-state index is -0.352. The average Bonchev–Trinajstić information content (AvgIpc) is 3.46. The lowest BCUT2D eigenvalue weighted by atomic mass is 9.97. The first kappa shape index (κ1) is 21.7. The van der Waals surface area contributed by atoms with Crippen LogP contribution in [0.1, 0.15) is 43.0 Å². The molecule has 0 unspecified atom stereocenters. The fourth-order valence-electron chi connectivity index (χ4n) is 3.96. The Kier molecular flexibility index (Phi) is 7.14. The van der Waals surface area contributed by atoms with Crippen molar-refractivity contribution in [2.45, 2.75) is 38.6 Å². The Balaban J connectivity index is 1.30. The maximum Gasteiger partial charge on any atom is 0.220 e. The third kappa shape index (κ3) is 5.60. The molecule has 2 aromatic heterocycles. The SMILES string of the molecule is CC1CCN([C@H](CNC(=O)CCc2ncc(-c3ccccc3F)o2)c2cccs2)CC1. The van der Waals surface area contributed by atoms with E-state index in [0.717, 1.165) is 19.0 Å². The van der Waals surface area contributed by atoms with Crippen LogP contribution in [-0.2, 0) is 11.2 Å². The van der Waals surface area contributed by atoms with Crippen molar-refractivity contribution in [3.63, 3.8) is 0 Å². The number of hydrogen-bond donors (Lipinski definition) is 1. The Morgan fingerprint density at radius 2 is 2.10 bits per heavy atom. The average molecular weight is 442 g/mol. The second kappa shape index (κ2) is 10.2. The summed E-state index contributed by atoms with van der Waals surface area (Å²) in [5.41, 5.74) is 0.375. The number of carbonyl (C=O) groups excluding carboxylic acids is 1. The summed E-state index contributed by atoms with van der Waals surface area (Å²) < 4.78 is 19.6. The quantitative estimate of drug-likeness (QED) is 0.531. The molecule has 3 heterocycles. The molecule has 1 fully saturated rings. The maximum absolute atomic E-state index is 13.9. The van der Waals surface area contributed by atoms with Crippen LogP contribution in [0.3, 0.4) is 0 Å². The number of carbonyl (C=O) groups is 1. The lowest BCUT2D eigenvalue weighted by Gasteiger charge is -2.36. The van der Waals surface area contributed by atoms with Crippen LogP contribution in [0, 0.1) is 11.7 Å². The first-order valence-electron chi connectivity index (χ1n) is 10.8. The fraction of sp³-hybridized carbons (Fsp3) is 0.417. The van der Waals surface area contributed by atoms with Crippen molar-refractivity contribution >= 4 is 17.2 Å². The zero-order valence-corrected chi connectivity index (χ0v) is 18.5. The van der Waals surface area contributed by atoms with Gasteiger partial charge >= 0.3 is 0 Å². The summed E-state index contributed by atoms with van der Waals surface area (Å²) in [6.45, 7) is 5.03. The van der Waals surface area contributed by atoms with Crippen LogP contribution in [-0.4, -0.2) is 35.4 Å². The van der Waals surface area contributed by atoms with E-state index in [2.05, 4.69) is 39.6 Å². The predicted molar refractivity (Wildman–Crippen MR) is 120 cm³/mol. The Labute approximate surface area is 186 Å². The van der Waals surface area contributed by atoms with Gasteiger partial charge in [-0.1, -0.05) is 25.1 Å². The second-order valence-corrected chi connectivity index (χ2v) is 9.13. The summed E-state index contributed by atoms with van der Waals surface area (Å²) in [4.78, 5) is 20.5. The predicted octanol–water partition coefficient (Wildman–Crippen LogP) is 5.06. The van der Waals surface area contributed by atoms with E-state index in [1.807, 2.05) is 0 Å². The van der Waals surface area contributed by atoms with Gasteiger partial charge < -0.3 is 9.73 Å². The van der Waals surface area contributed by atoms with Gasteiger partial charge in [-0.2, -0.15) is 0 Å². The smallest absolute Gasteiger partial charge is 0.220 e. The van der Waals surface area contributed by atoms with Crippen LogP contribution < -0.4 is 5.32 Å². The number of aryl methyl sites for hydroxylation is 1. The second-order valence-electron chi connectivity index (χ2n) is 8.15. The molecule has 7 heteroatoms. The number of piperidine rings is 1. The van der Waals surface area contributed by atoms with Gasteiger partial charge in [0.2, 0.25) is 5.91 Å². The molecule has 0 aliphatic carbocycles. The topological polar surface area (TPSA) is 58.4 Å². The summed E-state index contributed by atoms with van der Waals surface area (Å²) in [7, 11) is 0. The number of rotatable bonds is 8. The van der Waals surface area contributed by atoms with Crippen molar-refractivity contribution in [2.24, 2.45) is 5.92 Å². The number of aromatic nitrogens is 1. The fourth-order valence-corrected chi connectivity index (χ4v) is 4.82. The standard InChI is InChI=1S/C24H28FN3O2S/c1-17-10-12-28(13-11-17)20(22-7-4-14-31-22)15-26-23(29)8-9-24-27-16-21(30-24)18-5-2-3-6-19(18)25/h2-7,14,16-17,20H,8-13,15H2,1H3,(H,26,29)/t20-/m1/s1. The van der Waals surface area contributed by atoms with Crippen LogP contribution >= 0.6 is 11.3 Å². The third-order valence-electron chi connectivity index (χ3n) is 5.88. The molecular formula is C24H28FN3O2S. The Morgan fingerprint density at radius 1 is 1.29 bits per heavy atom. The van der Waals surface area contributed by atoms with Gasteiger partial charge in [0, 0.05) is 24.3 Å². The molecule has 1 saturated heterocycles. The molecule has 1 aliphatic heterocycles. The van der Waals surface area contributed by atoms with E-state index in [1.165, 1.54) is 30.0 Å². The number of thiophene rings is 1. The highest BCUT2D eigenvalue weighted by molar-refractivity contribution is 7.10. The summed E-state index contributed by atoms with van der Waals surface area (Å²) in [5.74, 6) is 1.20. The highest BCUT2D eigenvalue weighted by Crippen LogP contribution is 2.29. The molecule has 1 amide bonds. The van der Waals surface area contributed by atoms with E-state index < -0.39 is 0 Å². The number of amides is 1. The van der Waals surface area contributed by atoms with E-state index in [0.29, 0.717) is 30.2 Å². The molecule has 1 N–H and O–H groups in total. The minimum Gasteiger partial charge on any atom is -0.441 e. The Morgan fingerprint density at radius 3 is 2.84 bits per heavy atom. The van der Waals surface area contributed by atoms with E-state index in [-0.39, 0.29) is 24.2 Å². The van der Waals surface area contributed by atoms with E-state index in [1.54, 1.807) is 29.5 Å². The van der Waals surface area contributed by atoms with Gasteiger partial charge in [-0.05, 0) is 55.4 Å². The molecule has 3 aromatic rings. The summed E-state index contributed by atoms with van der Waals surface area (Å²) >= 11 is 1.74. The van der Waals surface area contributed by atoms with E-state index >= 15 is 0 Å². The molecule has 5 nitrogen and oxygen atoms in total. The lowest BCUT2D eigenvalue weighted by Crippen LogP contribution is -2.41. The van der Waals surface area contributed by atoms with Crippen LogP contribution in [0.4, 0.5) is 4.39 Å². The molecular weight excluding hydrogens is 413 g/mol. The van der Waals surface area contributed by atoms with Gasteiger partial charge in [0.15, 0.2) is 11.7 Å². The molecule has 1 aromatic carbocycles. The summed E-state index contributed by atoms with van der Waals surface area (Å²) in [6, 6.07) is 10.9. The Hall–Kier alpha value is -2.51. The molecule has 31 heavy (non-hydrogen) atoms. The molecule has 164 valence electrons. The van der Waals surface area contributed by atoms with Crippen LogP contribution in [0.25, 0.3) is 11.3 Å². The van der Waals surface area contributed by atoms with Crippen molar-refractivity contribution in [3.05, 3.63) is 64.6 Å².